The molecule has 1 unspecified atom stereocenters. The van der Waals surface area contributed by atoms with Crippen molar-refractivity contribution in [3.8, 4) is 0 Å². The fraction of sp³-hybridized carbons (Fsp3) is 0.923. The summed E-state index contributed by atoms with van der Waals surface area (Å²) in [6.45, 7) is 3.31. The Morgan fingerprint density at radius 1 is 1.30 bits per heavy atom. The molecule has 0 bridgehead atoms. The summed E-state index contributed by atoms with van der Waals surface area (Å²) in [6, 6.07) is 0. The van der Waals surface area contributed by atoms with E-state index in [2.05, 4.69) is 4.74 Å². The first-order valence-electron chi connectivity index (χ1n) is 7.58. The summed E-state index contributed by atoms with van der Waals surface area (Å²) in [5.74, 6) is -1.92. The number of aliphatic hydroxyl groups is 1. The number of aliphatic hydroxyl groups excluding tert-OH is 1. The Hall–Kier alpha value is -0.540. The zero-order valence-corrected chi connectivity index (χ0v) is 14.5. The average Bonchev–Trinajstić information content (AvgIpc) is 3.00. The molecule has 0 aromatic rings. The number of ether oxygens (including phenoxy) is 4. The highest BCUT2D eigenvalue weighted by Crippen LogP contribution is 2.54. The molecule has 0 aromatic carbocycles. The minimum atomic E-state index is -3.98. The minimum Gasteiger partial charge on any atom is -0.468 e. The van der Waals surface area contributed by atoms with Gasteiger partial charge in [-0.25, -0.2) is 0 Å². The zero-order chi connectivity index (χ0) is 18.3. The van der Waals surface area contributed by atoms with Crippen molar-refractivity contribution in [2.24, 2.45) is 0 Å². The van der Waals surface area contributed by atoms with Crippen molar-refractivity contribution in [3.05, 3.63) is 0 Å². The van der Waals surface area contributed by atoms with Crippen molar-refractivity contribution < 1.29 is 43.8 Å². The van der Waals surface area contributed by atoms with Crippen LogP contribution in [0.15, 0.2) is 0 Å². The van der Waals surface area contributed by atoms with Crippen molar-refractivity contribution in [3.63, 3.8) is 0 Å². The van der Waals surface area contributed by atoms with Gasteiger partial charge in [-0.3, -0.25) is 9.36 Å². The first-order valence-corrected chi connectivity index (χ1v) is 8.62. The Bertz CT molecular complexity index is 520. The number of methoxy groups -OCH3 is 1. The number of hydrogen-bond donors (Lipinski definition) is 1. The molecule has 0 spiro atoms. The van der Waals surface area contributed by atoms with E-state index in [1.807, 2.05) is 0 Å². The molecule has 0 aliphatic carbocycles. The number of carbonyl (C=O) groups is 1. The summed E-state index contributed by atoms with van der Waals surface area (Å²) in [4.78, 5) is 12.1. The molecule has 2 fully saturated rings. The number of fused-ring (bicyclic) bond motifs is 1. The van der Waals surface area contributed by atoms with Gasteiger partial charge in [0.25, 0.3) is 0 Å². The maximum atomic E-state index is 12.7. The molecule has 0 amide bonds. The predicted molar refractivity (Wildman–Crippen MR) is 76.8 cm³/mol. The predicted octanol–water partition coefficient (Wildman–Crippen LogP) is 0.641. The molecule has 2 aliphatic rings. The molecular formula is C13H23O9P. The van der Waals surface area contributed by atoms with Gasteiger partial charge in [0.1, 0.15) is 12.2 Å². The largest absolute Gasteiger partial charge is 0.468 e. The van der Waals surface area contributed by atoms with E-state index >= 15 is 0 Å². The summed E-state index contributed by atoms with van der Waals surface area (Å²) in [6.07, 6.45) is -5.50. The van der Waals surface area contributed by atoms with Gasteiger partial charge in [0.2, 0.25) is 0 Å². The molecule has 2 heterocycles. The van der Waals surface area contributed by atoms with Gasteiger partial charge in [-0.2, -0.15) is 0 Å². The third-order valence-corrected chi connectivity index (χ3v) is 5.81. The van der Waals surface area contributed by atoms with Gasteiger partial charge in [-0.1, -0.05) is 0 Å². The Morgan fingerprint density at radius 2 is 1.87 bits per heavy atom. The van der Waals surface area contributed by atoms with Crippen LogP contribution in [0.1, 0.15) is 21.6 Å². The Labute approximate surface area is 136 Å². The Morgan fingerprint density at radius 3 is 2.39 bits per heavy atom. The topological polar surface area (TPSA) is 110 Å². The van der Waals surface area contributed by atoms with E-state index < -0.39 is 56.0 Å². The second-order valence-corrected chi connectivity index (χ2v) is 7.99. The second kappa shape index (κ2) is 6.76. The molecule has 9 nitrogen and oxygen atoms in total. The molecule has 0 aromatic heterocycles. The van der Waals surface area contributed by atoms with Crippen LogP contribution in [0.25, 0.3) is 0 Å². The lowest BCUT2D eigenvalue weighted by molar-refractivity contribution is -0.220. The fourth-order valence-electron chi connectivity index (χ4n) is 2.68. The van der Waals surface area contributed by atoms with Crippen LogP contribution in [0.5, 0.6) is 0 Å². The van der Waals surface area contributed by atoms with Crippen molar-refractivity contribution >= 4 is 13.6 Å². The molecule has 0 saturated carbocycles. The molecular weight excluding hydrogens is 331 g/mol. The van der Waals surface area contributed by atoms with Gasteiger partial charge in [0.15, 0.2) is 17.7 Å². The molecule has 10 heteroatoms. The fourth-order valence-corrected chi connectivity index (χ4v) is 4.03. The maximum Gasteiger partial charge on any atom is 0.344 e. The standard InChI is InChI=1S/C13H23O9P/c1-13(2)21-9-7(20-12(15)10(9)22-13)6-8(11(14)17-3)23(16,18-4)19-5/h7-10,12,15H,6H2,1-5H3/t7-,8?,9+,10+,12+/m1/s1/i6D/t6-,7-,8?,9+,10+,12+. The van der Waals surface area contributed by atoms with Crippen LogP contribution in [-0.4, -0.2) is 68.5 Å². The van der Waals surface area contributed by atoms with Crippen LogP contribution in [-0.2, 0) is 37.4 Å². The van der Waals surface area contributed by atoms with Gasteiger partial charge in [0.05, 0.1) is 13.2 Å². The van der Waals surface area contributed by atoms with Gasteiger partial charge < -0.3 is 33.1 Å². The minimum absolute atomic E-state index is 0.813. The monoisotopic (exact) mass is 355 g/mol. The van der Waals surface area contributed by atoms with Crippen LogP contribution in [0, 0.1) is 0 Å². The normalized spacial score (nSPS) is 36.2. The summed E-state index contributed by atoms with van der Waals surface area (Å²) in [7, 11) is -0.662. The molecule has 134 valence electrons. The average molecular weight is 355 g/mol. The van der Waals surface area contributed by atoms with E-state index in [1.54, 1.807) is 13.8 Å². The Kier molecular flexibility index (Phi) is 5.08. The lowest BCUT2D eigenvalue weighted by Crippen LogP contribution is -2.35. The molecule has 2 aliphatic heterocycles. The SMILES string of the molecule is [2H][C@@H](C(C(=O)OC)P(=O)(OC)OC)[C@H]1O[C@H](O)[C@H]2OC(C)(C)O[C@H]21. The number of rotatable bonds is 6. The first kappa shape index (κ1) is 17.3. The highest BCUT2D eigenvalue weighted by atomic mass is 31.2. The van der Waals surface area contributed by atoms with Crippen LogP contribution in [0.4, 0.5) is 0 Å². The van der Waals surface area contributed by atoms with Gasteiger partial charge in [-0.05, 0) is 13.8 Å². The molecule has 2 rings (SSSR count). The lowest BCUT2D eigenvalue weighted by atomic mass is 10.1. The van der Waals surface area contributed by atoms with E-state index in [0.29, 0.717) is 0 Å². The molecule has 2 saturated heterocycles. The number of carbonyl (C=O) groups excluding carboxylic acids is 1. The summed E-state index contributed by atoms with van der Waals surface area (Å²) < 4.78 is 52.0. The second-order valence-electron chi connectivity index (χ2n) is 5.62. The van der Waals surface area contributed by atoms with Gasteiger partial charge >= 0.3 is 13.6 Å². The molecule has 6 atom stereocenters. The van der Waals surface area contributed by atoms with E-state index in [1.165, 1.54) is 0 Å². The van der Waals surface area contributed by atoms with E-state index in [-0.39, 0.29) is 0 Å². The van der Waals surface area contributed by atoms with Gasteiger partial charge in [-0.15, -0.1) is 0 Å². The molecule has 1 N–H and O–H groups in total. The third kappa shape index (κ3) is 3.61. The van der Waals surface area contributed by atoms with E-state index in [9.17, 15) is 14.5 Å². The Balaban J connectivity index is 2.31. The third-order valence-electron chi connectivity index (χ3n) is 3.73. The molecule has 0 radical (unpaired) electrons. The van der Waals surface area contributed by atoms with Gasteiger partial charge in [0, 0.05) is 22.0 Å². The highest BCUT2D eigenvalue weighted by Gasteiger charge is 2.57. The summed E-state index contributed by atoms with van der Waals surface area (Å²) in [5.41, 5.74) is -1.57. The van der Waals surface area contributed by atoms with Crippen LogP contribution >= 0.6 is 7.60 Å². The van der Waals surface area contributed by atoms with Crippen LogP contribution in [0.3, 0.4) is 0 Å². The maximum absolute atomic E-state index is 12.7. The van der Waals surface area contributed by atoms with Crippen molar-refractivity contribution in [2.75, 3.05) is 21.3 Å². The van der Waals surface area contributed by atoms with Crippen molar-refractivity contribution in [2.45, 2.75) is 56.3 Å². The van der Waals surface area contributed by atoms with Crippen LogP contribution in [0.2, 0.25) is 0 Å². The highest BCUT2D eigenvalue weighted by molar-refractivity contribution is 7.55. The smallest absolute Gasteiger partial charge is 0.344 e. The number of esters is 1. The summed E-state index contributed by atoms with van der Waals surface area (Å²) in [5, 5.41) is 9.99. The molecule has 23 heavy (non-hydrogen) atoms. The zero-order valence-electron chi connectivity index (χ0n) is 14.6. The van der Waals surface area contributed by atoms with E-state index in [0.717, 1.165) is 21.3 Å². The van der Waals surface area contributed by atoms with Crippen molar-refractivity contribution in [1.29, 1.82) is 0 Å². The van der Waals surface area contributed by atoms with E-state index in [4.69, 9.17) is 24.6 Å². The van der Waals surface area contributed by atoms with Crippen molar-refractivity contribution in [1.82, 2.24) is 0 Å². The van der Waals surface area contributed by atoms with Crippen LogP contribution < -0.4 is 0 Å². The first-order chi connectivity index (χ1) is 11.1. The quantitative estimate of drug-likeness (QED) is 0.542. The number of hydrogen-bond acceptors (Lipinski definition) is 9. The summed E-state index contributed by atoms with van der Waals surface area (Å²) >= 11 is 0. The lowest BCUT2D eigenvalue weighted by Gasteiger charge is -2.27.